The molecular formula is C16H28O. The van der Waals surface area contributed by atoms with Crippen molar-refractivity contribution >= 4 is 5.78 Å². The molecule has 2 fully saturated rings. The van der Waals surface area contributed by atoms with Crippen LogP contribution in [-0.2, 0) is 4.79 Å². The lowest BCUT2D eigenvalue weighted by Crippen LogP contribution is -2.39. The highest BCUT2D eigenvalue weighted by Gasteiger charge is 2.52. The Kier molecular flexibility index (Phi) is 3.66. The minimum atomic E-state index is 0.337. The first-order valence-corrected chi connectivity index (χ1v) is 7.48. The van der Waals surface area contributed by atoms with Crippen molar-refractivity contribution < 1.29 is 4.79 Å². The van der Waals surface area contributed by atoms with Crippen LogP contribution in [0.3, 0.4) is 0 Å². The molecule has 17 heavy (non-hydrogen) atoms. The van der Waals surface area contributed by atoms with Crippen molar-refractivity contribution in [1.29, 1.82) is 0 Å². The summed E-state index contributed by atoms with van der Waals surface area (Å²) < 4.78 is 0. The first kappa shape index (κ1) is 13.1. The van der Waals surface area contributed by atoms with E-state index in [2.05, 4.69) is 27.7 Å². The van der Waals surface area contributed by atoms with E-state index >= 15 is 0 Å². The summed E-state index contributed by atoms with van der Waals surface area (Å²) in [6.45, 7) is 9.45. The molecule has 0 amide bonds. The van der Waals surface area contributed by atoms with Crippen molar-refractivity contribution in [2.24, 2.45) is 29.1 Å². The van der Waals surface area contributed by atoms with E-state index in [0.717, 1.165) is 30.6 Å². The molecule has 2 aliphatic carbocycles. The van der Waals surface area contributed by atoms with Crippen LogP contribution in [0.5, 0.6) is 0 Å². The Morgan fingerprint density at radius 1 is 1.29 bits per heavy atom. The molecule has 0 N–H and O–H groups in total. The van der Waals surface area contributed by atoms with Gasteiger partial charge in [-0.1, -0.05) is 27.7 Å². The molecule has 2 saturated carbocycles. The molecule has 0 spiro atoms. The van der Waals surface area contributed by atoms with E-state index in [-0.39, 0.29) is 0 Å². The molecule has 2 aliphatic rings. The first-order chi connectivity index (χ1) is 7.95. The third kappa shape index (κ3) is 2.30. The molecule has 0 heterocycles. The molecular weight excluding hydrogens is 208 g/mol. The molecule has 0 saturated heterocycles. The van der Waals surface area contributed by atoms with Crippen LogP contribution in [0.1, 0.15) is 66.2 Å². The van der Waals surface area contributed by atoms with E-state index in [1.54, 1.807) is 0 Å². The molecule has 0 radical (unpaired) electrons. The molecule has 98 valence electrons. The van der Waals surface area contributed by atoms with Crippen LogP contribution in [0, 0.1) is 29.1 Å². The van der Waals surface area contributed by atoms with Crippen LogP contribution in [0.25, 0.3) is 0 Å². The van der Waals surface area contributed by atoms with Gasteiger partial charge in [-0.25, -0.2) is 0 Å². The summed E-state index contributed by atoms with van der Waals surface area (Å²) in [5, 5.41) is 0. The van der Waals surface area contributed by atoms with Gasteiger partial charge in [-0.2, -0.15) is 0 Å². The predicted molar refractivity (Wildman–Crippen MR) is 71.8 cm³/mol. The number of hydrogen-bond donors (Lipinski definition) is 0. The molecule has 1 nitrogen and oxygen atoms in total. The first-order valence-electron chi connectivity index (χ1n) is 7.48. The van der Waals surface area contributed by atoms with Crippen LogP contribution < -0.4 is 0 Å². The van der Waals surface area contributed by atoms with Gasteiger partial charge < -0.3 is 0 Å². The summed E-state index contributed by atoms with van der Waals surface area (Å²) in [7, 11) is 0. The van der Waals surface area contributed by atoms with E-state index in [4.69, 9.17) is 0 Å². The van der Waals surface area contributed by atoms with Gasteiger partial charge in [-0.3, -0.25) is 4.79 Å². The molecule has 2 rings (SSSR count). The molecule has 0 aromatic carbocycles. The second-order valence-electron chi connectivity index (χ2n) is 7.17. The van der Waals surface area contributed by atoms with Gasteiger partial charge in [0.2, 0.25) is 0 Å². The van der Waals surface area contributed by atoms with Crippen molar-refractivity contribution in [2.75, 3.05) is 0 Å². The standard InChI is InChI=1S/C16H28O/c1-11(2)10-12(3)13-7-8-14-15(17)6-5-9-16(13,14)4/h11-14H,5-10H2,1-4H3/t12-,13?,14?,16-/m1/s1. The number of carbonyl (C=O) groups is 1. The van der Waals surface area contributed by atoms with Crippen LogP contribution in [0.15, 0.2) is 0 Å². The van der Waals surface area contributed by atoms with Gasteiger partial charge in [0.1, 0.15) is 5.78 Å². The maximum absolute atomic E-state index is 12.1. The zero-order valence-electron chi connectivity index (χ0n) is 12.0. The second-order valence-corrected chi connectivity index (χ2v) is 7.17. The SMILES string of the molecule is CC(C)C[C@@H](C)C1CCC2C(=O)CCC[C@@]21C. The molecule has 0 aromatic heterocycles. The fourth-order valence-electron chi connectivity index (χ4n) is 4.81. The maximum atomic E-state index is 12.1. The fraction of sp³-hybridized carbons (Fsp3) is 0.938. The van der Waals surface area contributed by atoms with Gasteiger partial charge in [0, 0.05) is 12.3 Å². The average molecular weight is 236 g/mol. The maximum Gasteiger partial charge on any atom is 0.136 e. The van der Waals surface area contributed by atoms with Crippen LogP contribution in [0.2, 0.25) is 0 Å². The number of ketones is 1. The quantitative estimate of drug-likeness (QED) is 0.707. The highest BCUT2D eigenvalue weighted by molar-refractivity contribution is 5.83. The summed E-state index contributed by atoms with van der Waals surface area (Å²) in [5.74, 6) is 3.33. The molecule has 2 unspecified atom stereocenters. The normalized spacial score (nSPS) is 39.5. The van der Waals surface area contributed by atoms with Crippen molar-refractivity contribution in [3.05, 3.63) is 0 Å². The van der Waals surface area contributed by atoms with Gasteiger partial charge >= 0.3 is 0 Å². The molecule has 0 bridgehead atoms. The summed E-state index contributed by atoms with van der Waals surface area (Å²) in [4.78, 5) is 12.1. The lowest BCUT2D eigenvalue weighted by Gasteiger charge is -2.42. The van der Waals surface area contributed by atoms with E-state index in [0.29, 0.717) is 17.1 Å². The Morgan fingerprint density at radius 3 is 2.65 bits per heavy atom. The topological polar surface area (TPSA) is 17.1 Å². The van der Waals surface area contributed by atoms with E-state index in [1.165, 1.54) is 25.7 Å². The Morgan fingerprint density at radius 2 is 2.00 bits per heavy atom. The lowest BCUT2D eigenvalue weighted by atomic mass is 9.61. The summed E-state index contributed by atoms with van der Waals surface area (Å²) in [5.41, 5.74) is 0.337. The summed E-state index contributed by atoms with van der Waals surface area (Å²) >= 11 is 0. The third-order valence-corrected chi connectivity index (χ3v) is 5.47. The van der Waals surface area contributed by atoms with Gasteiger partial charge in [-0.15, -0.1) is 0 Å². The average Bonchev–Trinajstić information content (AvgIpc) is 2.55. The highest BCUT2D eigenvalue weighted by Crippen LogP contribution is 2.57. The monoisotopic (exact) mass is 236 g/mol. The lowest BCUT2D eigenvalue weighted by molar-refractivity contribution is -0.130. The Hall–Kier alpha value is -0.330. The van der Waals surface area contributed by atoms with E-state index in [1.807, 2.05) is 0 Å². The third-order valence-electron chi connectivity index (χ3n) is 5.47. The minimum Gasteiger partial charge on any atom is -0.299 e. The zero-order chi connectivity index (χ0) is 12.6. The number of fused-ring (bicyclic) bond motifs is 1. The van der Waals surface area contributed by atoms with Crippen LogP contribution in [0.4, 0.5) is 0 Å². The van der Waals surface area contributed by atoms with Crippen molar-refractivity contribution in [3.63, 3.8) is 0 Å². The molecule has 1 heteroatoms. The highest BCUT2D eigenvalue weighted by atomic mass is 16.1. The minimum absolute atomic E-state index is 0.337. The molecule has 0 aromatic rings. The smallest absolute Gasteiger partial charge is 0.136 e. The van der Waals surface area contributed by atoms with Gasteiger partial charge in [0.05, 0.1) is 0 Å². The number of hydrogen-bond acceptors (Lipinski definition) is 1. The van der Waals surface area contributed by atoms with E-state index in [9.17, 15) is 4.79 Å². The van der Waals surface area contributed by atoms with Gasteiger partial charge in [0.25, 0.3) is 0 Å². The summed E-state index contributed by atoms with van der Waals surface area (Å²) in [6.07, 6.45) is 7.06. The Balaban J connectivity index is 2.12. The van der Waals surface area contributed by atoms with E-state index < -0.39 is 0 Å². The zero-order valence-corrected chi connectivity index (χ0v) is 12.0. The Bertz CT molecular complexity index is 294. The van der Waals surface area contributed by atoms with Gasteiger partial charge in [0.15, 0.2) is 0 Å². The Labute approximate surface area is 106 Å². The molecule has 4 atom stereocenters. The van der Waals surface area contributed by atoms with Crippen LogP contribution in [-0.4, -0.2) is 5.78 Å². The number of rotatable bonds is 3. The van der Waals surface area contributed by atoms with Gasteiger partial charge in [-0.05, 0) is 55.3 Å². The number of carbonyl (C=O) groups excluding carboxylic acids is 1. The number of Topliss-reactive ketones (excluding diaryl/α,β-unsaturated/α-hetero) is 1. The van der Waals surface area contributed by atoms with Crippen molar-refractivity contribution in [3.8, 4) is 0 Å². The largest absolute Gasteiger partial charge is 0.299 e. The van der Waals surface area contributed by atoms with Crippen molar-refractivity contribution in [2.45, 2.75) is 66.2 Å². The second kappa shape index (κ2) is 4.74. The summed E-state index contributed by atoms with van der Waals surface area (Å²) in [6, 6.07) is 0. The molecule has 0 aliphatic heterocycles. The fourth-order valence-corrected chi connectivity index (χ4v) is 4.81. The van der Waals surface area contributed by atoms with Crippen molar-refractivity contribution in [1.82, 2.24) is 0 Å². The van der Waals surface area contributed by atoms with Crippen LogP contribution >= 0.6 is 0 Å². The predicted octanol–water partition coefficient (Wildman–Crippen LogP) is 4.45.